The number of benzene rings is 2. The largest absolute Gasteiger partial charge is 0.494 e. The van der Waals surface area contributed by atoms with Crippen LogP contribution in [-0.4, -0.2) is 66.1 Å². The van der Waals surface area contributed by atoms with Gasteiger partial charge < -0.3 is 25.2 Å². The van der Waals surface area contributed by atoms with Crippen LogP contribution in [-0.2, 0) is 4.79 Å². The topological polar surface area (TPSA) is 95.5 Å². The lowest BCUT2D eigenvalue weighted by atomic mass is 10.1. The molecular weight excluding hydrogens is 478 g/mol. The highest BCUT2D eigenvalue weighted by atomic mass is 16.5. The van der Waals surface area contributed by atoms with Crippen molar-refractivity contribution in [1.29, 1.82) is 0 Å². The van der Waals surface area contributed by atoms with Crippen molar-refractivity contribution in [3.8, 4) is 17.0 Å². The van der Waals surface area contributed by atoms with Crippen LogP contribution in [0.3, 0.4) is 0 Å². The SMILES string of the molecule is C=CC(=O)Nc1cc(Nc2nccc(-c3cnc4ccccc4c3)n2)c(OC)cc1N1CC[C@@H](N(C)C)C1. The molecule has 1 fully saturated rings. The molecule has 38 heavy (non-hydrogen) atoms. The first-order valence-corrected chi connectivity index (χ1v) is 12.5. The molecule has 9 nitrogen and oxygen atoms in total. The quantitative estimate of drug-likeness (QED) is 0.330. The van der Waals surface area contributed by atoms with E-state index >= 15 is 0 Å². The Morgan fingerprint density at radius 1 is 1.16 bits per heavy atom. The van der Waals surface area contributed by atoms with E-state index in [9.17, 15) is 4.79 Å². The van der Waals surface area contributed by atoms with Crippen LogP contribution in [0.2, 0.25) is 0 Å². The molecule has 5 rings (SSSR count). The van der Waals surface area contributed by atoms with Gasteiger partial charge in [0.25, 0.3) is 0 Å². The lowest BCUT2D eigenvalue weighted by Gasteiger charge is -2.25. The molecule has 1 amide bonds. The number of carbonyl (C=O) groups is 1. The smallest absolute Gasteiger partial charge is 0.247 e. The molecule has 0 unspecified atom stereocenters. The number of fused-ring (bicyclic) bond motifs is 1. The highest BCUT2D eigenvalue weighted by molar-refractivity contribution is 6.02. The maximum Gasteiger partial charge on any atom is 0.247 e. The second-order valence-corrected chi connectivity index (χ2v) is 9.42. The summed E-state index contributed by atoms with van der Waals surface area (Å²) in [4.78, 5) is 30.5. The highest BCUT2D eigenvalue weighted by Crippen LogP contribution is 2.39. The van der Waals surface area contributed by atoms with E-state index in [1.807, 2.05) is 48.7 Å². The molecule has 0 aliphatic carbocycles. The van der Waals surface area contributed by atoms with E-state index in [1.54, 1.807) is 13.3 Å². The number of para-hydroxylation sites is 1. The van der Waals surface area contributed by atoms with E-state index in [2.05, 4.69) is 57.1 Å². The number of hydrogen-bond donors (Lipinski definition) is 2. The maximum atomic E-state index is 12.3. The number of methoxy groups -OCH3 is 1. The summed E-state index contributed by atoms with van der Waals surface area (Å²) < 4.78 is 5.74. The van der Waals surface area contributed by atoms with Gasteiger partial charge in [-0.2, -0.15) is 0 Å². The van der Waals surface area contributed by atoms with Gasteiger partial charge in [-0.1, -0.05) is 24.8 Å². The lowest BCUT2D eigenvalue weighted by molar-refractivity contribution is -0.111. The van der Waals surface area contributed by atoms with E-state index in [-0.39, 0.29) is 5.91 Å². The molecular formula is C29H31N7O2. The first-order valence-electron chi connectivity index (χ1n) is 12.5. The number of likely N-dealkylation sites (N-methyl/N-ethyl adjacent to an activating group) is 1. The van der Waals surface area contributed by atoms with E-state index in [0.717, 1.165) is 47.4 Å². The predicted molar refractivity (Wildman–Crippen MR) is 152 cm³/mol. The fourth-order valence-electron chi connectivity index (χ4n) is 4.67. The Labute approximate surface area is 222 Å². The van der Waals surface area contributed by atoms with Crippen LogP contribution in [0, 0.1) is 0 Å². The molecule has 2 aromatic heterocycles. The van der Waals surface area contributed by atoms with Crippen molar-refractivity contribution in [2.75, 3.05) is 49.8 Å². The van der Waals surface area contributed by atoms with Crippen molar-refractivity contribution in [2.24, 2.45) is 0 Å². The average Bonchev–Trinajstić information content (AvgIpc) is 3.44. The number of amides is 1. The molecule has 1 aliphatic heterocycles. The zero-order valence-electron chi connectivity index (χ0n) is 21.8. The minimum Gasteiger partial charge on any atom is -0.494 e. The number of aromatic nitrogens is 3. The molecule has 4 aromatic rings. The highest BCUT2D eigenvalue weighted by Gasteiger charge is 2.27. The van der Waals surface area contributed by atoms with Crippen LogP contribution in [0.4, 0.5) is 23.0 Å². The molecule has 1 saturated heterocycles. The molecule has 1 atom stereocenters. The molecule has 0 spiro atoms. The minimum atomic E-state index is -0.284. The van der Waals surface area contributed by atoms with Crippen molar-refractivity contribution in [3.05, 3.63) is 73.6 Å². The summed E-state index contributed by atoms with van der Waals surface area (Å²) in [6, 6.07) is 16.1. The van der Waals surface area contributed by atoms with Gasteiger partial charge in [-0.3, -0.25) is 9.78 Å². The van der Waals surface area contributed by atoms with Crippen LogP contribution in [0.5, 0.6) is 5.75 Å². The fraction of sp³-hybridized carbons (Fsp3) is 0.241. The number of hydrogen-bond acceptors (Lipinski definition) is 8. The second kappa shape index (κ2) is 10.9. The van der Waals surface area contributed by atoms with Crippen LogP contribution >= 0.6 is 0 Å². The summed E-state index contributed by atoms with van der Waals surface area (Å²) in [5.41, 5.74) is 4.74. The van der Waals surface area contributed by atoms with Gasteiger partial charge in [0.15, 0.2) is 0 Å². The Hall–Kier alpha value is -4.50. The number of ether oxygens (including phenoxy) is 1. The van der Waals surface area contributed by atoms with E-state index in [4.69, 9.17) is 9.72 Å². The van der Waals surface area contributed by atoms with Gasteiger partial charge in [0.1, 0.15) is 5.75 Å². The zero-order chi connectivity index (χ0) is 26.6. The third-order valence-corrected chi connectivity index (χ3v) is 6.78. The Morgan fingerprint density at radius 2 is 2.00 bits per heavy atom. The Kier molecular flexibility index (Phi) is 7.19. The number of anilines is 4. The molecule has 1 aliphatic rings. The molecule has 194 valence electrons. The van der Waals surface area contributed by atoms with Gasteiger partial charge in [-0.25, -0.2) is 9.97 Å². The minimum absolute atomic E-state index is 0.284. The monoisotopic (exact) mass is 509 g/mol. The number of pyridine rings is 1. The number of nitrogens with one attached hydrogen (secondary N) is 2. The first-order chi connectivity index (χ1) is 18.4. The standard InChI is InChI=1S/C29H31N7O2/c1-5-28(37)32-24-15-25(27(38-4)16-26(24)36-13-11-21(18-36)35(2)3)34-29-30-12-10-23(33-29)20-14-19-8-6-7-9-22(19)31-17-20/h5-10,12,14-17,21H,1,11,13,18H2,2-4H3,(H,32,37)(H,30,33,34)/t21-/m1/s1. The van der Waals surface area contributed by atoms with Crippen LogP contribution < -0.4 is 20.3 Å². The van der Waals surface area contributed by atoms with Crippen LogP contribution in [0.15, 0.2) is 73.6 Å². The van der Waals surface area contributed by atoms with Crippen LogP contribution in [0.1, 0.15) is 6.42 Å². The molecule has 0 radical (unpaired) electrons. The van der Waals surface area contributed by atoms with Crippen molar-refractivity contribution in [3.63, 3.8) is 0 Å². The van der Waals surface area contributed by atoms with Crippen molar-refractivity contribution >= 4 is 39.8 Å². The third kappa shape index (κ3) is 5.28. The van der Waals surface area contributed by atoms with Crippen molar-refractivity contribution < 1.29 is 9.53 Å². The normalized spacial score (nSPS) is 15.1. The van der Waals surface area contributed by atoms with Gasteiger partial charge in [0, 0.05) is 48.5 Å². The Bertz CT molecular complexity index is 1490. The Balaban J connectivity index is 1.48. The predicted octanol–water partition coefficient (Wildman–Crippen LogP) is 4.71. The Morgan fingerprint density at radius 3 is 2.76 bits per heavy atom. The number of carbonyl (C=O) groups excluding carboxylic acids is 1. The lowest BCUT2D eigenvalue weighted by Crippen LogP contribution is -2.31. The first kappa shape index (κ1) is 25.2. The summed E-state index contributed by atoms with van der Waals surface area (Å²) >= 11 is 0. The van der Waals surface area contributed by atoms with E-state index in [0.29, 0.717) is 29.1 Å². The van der Waals surface area contributed by atoms with Gasteiger partial charge in [-0.05, 0) is 50.9 Å². The molecule has 0 saturated carbocycles. The van der Waals surface area contributed by atoms with Crippen molar-refractivity contribution in [1.82, 2.24) is 19.9 Å². The summed E-state index contributed by atoms with van der Waals surface area (Å²) in [6.07, 6.45) is 5.81. The summed E-state index contributed by atoms with van der Waals surface area (Å²) in [6.45, 7) is 5.33. The van der Waals surface area contributed by atoms with Crippen LogP contribution in [0.25, 0.3) is 22.2 Å². The van der Waals surface area contributed by atoms with Gasteiger partial charge in [-0.15, -0.1) is 0 Å². The molecule has 9 heteroatoms. The third-order valence-electron chi connectivity index (χ3n) is 6.78. The van der Waals surface area contributed by atoms with Gasteiger partial charge in [0.2, 0.25) is 11.9 Å². The van der Waals surface area contributed by atoms with Gasteiger partial charge in [0.05, 0.1) is 35.4 Å². The summed E-state index contributed by atoms with van der Waals surface area (Å²) in [5, 5.41) is 7.27. The second-order valence-electron chi connectivity index (χ2n) is 9.42. The van der Waals surface area contributed by atoms with Gasteiger partial charge >= 0.3 is 0 Å². The van der Waals surface area contributed by atoms with E-state index in [1.165, 1.54) is 6.08 Å². The summed E-state index contributed by atoms with van der Waals surface area (Å²) in [5.74, 6) is 0.732. The number of nitrogens with zero attached hydrogens (tertiary/aromatic N) is 5. The molecule has 3 heterocycles. The molecule has 2 aromatic carbocycles. The van der Waals surface area contributed by atoms with Crippen molar-refractivity contribution in [2.45, 2.75) is 12.5 Å². The fourth-order valence-corrected chi connectivity index (χ4v) is 4.67. The average molecular weight is 510 g/mol. The molecule has 0 bridgehead atoms. The maximum absolute atomic E-state index is 12.3. The van der Waals surface area contributed by atoms with E-state index < -0.39 is 0 Å². The zero-order valence-corrected chi connectivity index (χ0v) is 21.8. The molecule has 2 N–H and O–H groups in total. The summed E-state index contributed by atoms with van der Waals surface area (Å²) in [7, 11) is 5.80. The number of rotatable bonds is 8.